The summed E-state index contributed by atoms with van der Waals surface area (Å²) in [6.07, 6.45) is 0.491. The zero-order chi connectivity index (χ0) is 23.3. The van der Waals surface area contributed by atoms with Crippen molar-refractivity contribution in [3.8, 4) is 11.5 Å². The van der Waals surface area contributed by atoms with E-state index in [2.05, 4.69) is 20.2 Å². The van der Waals surface area contributed by atoms with Crippen LogP contribution in [0, 0.1) is 6.92 Å². The molecule has 0 spiro atoms. The molecule has 0 aliphatic rings. The van der Waals surface area contributed by atoms with Crippen molar-refractivity contribution in [3.63, 3.8) is 0 Å². The highest BCUT2D eigenvalue weighted by Crippen LogP contribution is 2.32. The molecule has 1 aromatic heterocycles. The number of rotatable bonds is 9. The second-order valence-corrected chi connectivity index (χ2v) is 9.76. The molecule has 2 N–H and O–H groups in total. The normalized spacial score (nSPS) is 12.2. The number of carbonyl (C=O) groups excluding carboxylic acids is 1. The largest absolute Gasteiger partial charge is 0.493 e. The Morgan fingerprint density at radius 2 is 1.84 bits per heavy atom. The fourth-order valence-electron chi connectivity index (χ4n) is 3.02. The molecule has 0 fully saturated rings. The van der Waals surface area contributed by atoms with Gasteiger partial charge in [-0.2, -0.15) is 0 Å². The number of anilines is 1. The van der Waals surface area contributed by atoms with Crippen LogP contribution in [0.3, 0.4) is 0 Å². The lowest BCUT2D eigenvalue weighted by Crippen LogP contribution is -2.28. The van der Waals surface area contributed by atoms with Gasteiger partial charge in [-0.1, -0.05) is 42.0 Å². The highest BCUT2D eigenvalue weighted by molar-refractivity contribution is 7.91. The number of nitrogens with one attached hydrogen (secondary N) is 2. The molecule has 1 unspecified atom stereocenters. The van der Waals surface area contributed by atoms with Gasteiger partial charge in [0.05, 0.1) is 14.2 Å². The van der Waals surface area contributed by atoms with Gasteiger partial charge in [-0.25, -0.2) is 13.1 Å². The molecule has 0 bridgehead atoms. The van der Waals surface area contributed by atoms with Crippen molar-refractivity contribution in [1.82, 2.24) is 14.9 Å². The maximum atomic E-state index is 12.9. The Morgan fingerprint density at radius 1 is 1.09 bits per heavy atom. The summed E-state index contributed by atoms with van der Waals surface area (Å²) < 4.78 is 38.7. The highest BCUT2D eigenvalue weighted by atomic mass is 32.2. The first kappa shape index (κ1) is 23.6. The fourth-order valence-corrected chi connectivity index (χ4v) is 5.24. The average molecular weight is 477 g/mol. The molecule has 32 heavy (non-hydrogen) atoms. The quantitative estimate of drug-likeness (QED) is 0.453. The van der Waals surface area contributed by atoms with E-state index >= 15 is 0 Å². The fraction of sp³-hybridized carbons (Fsp3) is 0.286. The van der Waals surface area contributed by atoms with Crippen LogP contribution in [0.2, 0.25) is 0 Å². The second kappa shape index (κ2) is 10.1. The first-order chi connectivity index (χ1) is 15.3. The SMILES string of the molecule is CCC(NS(=O)(=O)c1nnc(NC(=O)c2cccc(C)c2)s1)c1ccc(OC)c(OC)c1. The molecule has 9 nitrogen and oxygen atoms in total. The maximum absolute atomic E-state index is 12.9. The minimum Gasteiger partial charge on any atom is -0.493 e. The summed E-state index contributed by atoms with van der Waals surface area (Å²) in [4.78, 5) is 12.4. The number of sulfonamides is 1. The summed E-state index contributed by atoms with van der Waals surface area (Å²) in [6.45, 7) is 3.73. The Kier molecular flexibility index (Phi) is 7.44. The molecule has 1 heterocycles. The van der Waals surface area contributed by atoms with E-state index < -0.39 is 22.0 Å². The minimum absolute atomic E-state index is 0.0936. The van der Waals surface area contributed by atoms with E-state index in [9.17, 15) is 13.2 Å². The van der Waals surface area contributed by atoms with Crippen molar-refractivity contribution < 1.29 is 22.7 Å². The van der Waals surface area contributed by atoms with Gasteiger partial charge in [-0.3, -0.25) is 10.1 Å². The van der Waals surface area contributed by atoms with Crippen LogP contribution in [0.1, 0.15) is 40.9 Å². The Balaban J connectivity index is 1.76. The molecule has 1 atom stereocenters. The van der Waals surface area contributed by atoms with Crippen LogP contribution in [0.15, 0.2) is 46.8 Å². The van der Waals surface area contributed by atoms with Crippen molar-refractivity contribution in [2.24, 2.45) is 0 Å². The number of benzene rings is 2. The van der Waals surface area contributed by atoms with E-state index in [1.807, 2.05) is 19.9 Å². The van der Waals surface area contributed by atoms with Crippen LogP contribution in [0.4, 0.5) is 5.13 Å². The summed E-state index contributed by atoms with van der Waals surface area (Å²) in [7, 11) is -0.925. The van der Waals surface area contributed by atoms with Crippen LogP contribution in [0.25, 0.3) is 0 Å². The van der Waals surface area contributed by atoms with Gasteiger partial charge in [0.1, 0.15) is 0 Å². The van der Waals surface area contributed by atoms with Gasteiger partial charge in [0.15, 0.2) is 11.5 Å². The lowest BCUT2D eigenvalue weighted by molar-refractivity contribution is 0.102. The predicted octanol–water partition coefficient (Wildman–Crippen LogP) is 3.55. The summed E-state index contributed by atoms with van der Waals surface area (Å²) in [5.74, 6) is 0.658. The number of methoxy groups -OCH3 is 2. The monoisotopic (exact) mass is 476 g/mol. The summed E-state index contributed by atoms with van der Waals surface area (Å²) in [6, 6.07) is 11.7. The van der Waals surface area contributed by atoms with Crippen LogP contribution >= 0.6 is 11.3 Å². The predicted molar refractivity (Wildman–Crippen MR) is 122 cm³/mol. The van der Waals surface area contributed by atoms with Gasteiger partial charge in [0.2, 0.25) is 9.47 Å². The van der Waals surface area contributed by atoms with Gasteiger partial charge in [-0.15, -0.1) is 10.2 Å². The molecule has 0 saturated carbocycles. The Morgan fingerprint density at radius 3 is 2.50 bits per heavy atom. The lowest BCUT2D eigenvalue weighted by atomic mass is 10.1. The van der Waals surface area contributed by atoms with E-state index in [1.54, 1.807) is 36.4 Å². The molecule has 0 radical (unpaired) electrons. The van der Waals surface area contributed by atoms with Crippen LogP contribution in [-0.4, -0.2) is 38.7 Å². The summed E-state index contributed by atoms with van der Waals surface area (Å²) in [5.41, 5.74) is 2.09. The van der Waals surface area contributed by atoms with E-state index in [-0.39, 0.29) is 9.47 Å². The van der Waals surface area contributed by atoms with Gasteiger partial charge >= 0.3 is 0 Å². The number of aryl methyl sites for hydroxylation is 1. The van der Waals surface area contributed by atoms with E-state index in [0.717, 1.165) is 16.9 Å². The Hall–Kier alpha value is -3.02. The molecule has 2 aromatic carbocycles. The molecule has 170 valence electrons. The molecule has 0 saturated heterocycles. The van der Waals surface area contributed by atoms with Crippen molar-refractivity contribution in [1.29, 1.82) is 0 Å². The second-order valence-electron chi connectivity index (χ2n) is 6.89. The van der Waals surface area contributed by atoms with Gasteiger partial charge in [-0.05, 0) is 43.2 Å². The van der Waals surface area contributed by atoms with E-state index in [0.29, 0.717) is 29.0 Å². The Bertz CT molecular complexity index is 1210. The lowest BCUT2D eigenvalue weighted by Gasteiger charge is -2.18. The molecule has 0 aliphatic carbocycles. The smallest absolute Gasteiger partial charge is 0.270 e. The van der Waals surface area contributed by atoms with Gasteiger partial charge < -0.3 is 9.47 Å². The summed E-state index contributed by atoms with van der Waals surface area (Å²) in [5, 5.41) is 10.2. The van der Waals surface area contributed by atoms with Gasteiger partial charge in [0.25, 0.3) is 15.9 Å². The minimum atomic E-state index is -3.97. The standard InChI is InChI=1S/C21H24N4O5S2/c1-5-16(14-9-10-17(29-3)18(12-14)30-4)25-32(27,28)21-24-23-20(31-21)22-19(26)15-8-6-7-13(2)11-15/h6-12,16,25H,5H2,1-4H3,(H,22,23,26). The molecule has 11 heteroatoms. The zero-order valence-electron chi connectivity index (χ0n) is 18.1. The topological polar surface area (TPSA) is 120 Å². The number of hydrogen-bond donors (Lipinski definition) is 2. The average Bonchev–Trinajstić information content (AvgIpc) is 3.26. The third-order valence-corrected chi connectivity index (χ3v) is 7.33. The van der Waals surface area contributed by atoms with E-state index in [1.165, 1.54) is 14.2 Å². The first-order valence-electron chi connectivity index (χ1n) is 9.73. The van der Waals surface area contributed by atoms with Crippen molar-refractivity contribution >= 4 is 32.4 Å². The Labute approximate surface area is 190 Å². The molecule has 3 aromatic rings. The number of nitrogens with zero attached hydrogens (tertiary/aromatic N) is 2. The third-order valence-electron chi connectivity index (χ3n) is 4.65. The molecular weight excluding hydrogens is 452 g/mol. The molecule has 1 amide bonds. The van der Waals surface area contributed by atoms with E-state index in [4.69, 9.17) is 9.47 Å². The summed E-state index contributed by atoms with van der Waals surface area (Å²) >= 11 is 0.779. The zero-order valence-corrected chi connectivity index (χ0v) is 19.7. The highest BCUT2D eigenvalue weighted by Gasteiger charge is 2.25. The molecule has 3 rings (SSSR count). The van der Waals surface area contributed by atoms with Gasteiger partial charge in [0, 0.05) is 11.6 Å². The molecule has 0 aliphatic heterocycles. The third kappa shape index (κ3) is 5.42. The van der Waals surface area contributed by atoms with Crippen molar-refractivity contribution in [2.75, 3.05) is 19.5 Å². The first-order valence-corrected chi connectivity index (χ1v) is 12.0. The maximum Gasteiger partial charge on any atom is 0.270 e. The van der Waals surface area contributed by atoms with Crippen LogP contribution in [0.5, 0.6) is 11.5 Å². The number of amides is 1. The van der Waals surface area contributed by atoms with Crippen molar-refractivity contribution in [3.05, 3.63) is 59.2 Å². The molecular formula is C21H24N4O5S2. The number of carbonyl (C=O) groups is 1. The van der Waals surface area contributed by atoms with Crippen LogP contribution < -0.4 is 19.5 Å². The number of aromatic nitrogens is 2. The van der Waals surface area contributed by atoms with Crippen LogP contribution in [-0.2, 0) is 10.0 Å². The number of hydrogen-bond acceptors (Lipinski definition) is 8. The van der Waals surface area contributed by atoms with Crippen molar-refractivity contribution in [2.45, 2.75) is 30.6 Å². The number of ether oxygens (including phenoxy) is 2.